The summed E-state index contributed by atoms with van der Waals surface area (Å²) in [5.41, 5.74) is 1.27. The van der Waals surface area contributed by atoms with E-state index in [1.165, 1.54) is 38.1 Å². The molecule has 2 aromatic rings. The molecule has 9 nitrogen and oxygen atoms in total. The summed E-state index contributed by atoms with van der Waals surface area (Å²) in [4.78, 5) is 25.7. The van der Waals surface area contributed by atoms with Crippen molar-refractivity contribution in [3.63, 3.8) is 0 Å². The number of nitrogens with zero attached hydrogens (tertiary/aromatic N) is 1. The van der Waals surface area contributed by atoms with Crippen LogP contribution in [0.2, 0.25) is 0 Å². The minimum Gasteiger partial charge on any atom is -0.486 e. The van der Waals surface area contributed by atoms with Crippen LogP contribution in [0.15, 0.2) is 47.4 Å². The Morgan fingerprint density at radius 3 is 2.44 bits per heavy atom. The number of benzene rings is 2. The molecular formula is C22H27N3O6S. The normalized spacial score (nSPS) is 13.8. The summed E-state index contributed by atoms with van der Waals surface area (Å²) in [6, 6.07) is 10.2. The van der Waals surface area contributed by atoms with E-state index in [1.807, 2.05) is 25.1 Å². The highest BCUT2D eigenvalue weighted by Gasteiger charge is 2.27. The fourth-order valence-corrected chi connectivity index (χ4v) is 4.55. The van der Waals surface area contributed by atoms with Crippen LogP contribution in [0, 0.1) is 0 Å². The molecule has 0 unspecified atom stereocenters. The fourth-order valence-electron chi connectivity index (χ4n) is 3.36. The molecule has 0 radical (unpaired) electrons. The van der Waals surface area contributed by atoms with Gasteiger partial charge in [-0.3, -0.25) is 9.59 Å². The molecule has 32 heavy (non-hydrogen) atoms. The number of amides is 2. The highest BCUT2D eigenvalue weighted by atomic mass is 32.2. The number of likely N-dealkylation sites (N-methyl/N-ethyl adjacent to an activating group) is 1. The smallest absolute Gasteiger partial charge is 0.241 e. The van der Waals surface area contributed by atoms with Crippen LogP contribution in [0.1, 0.15) is 26.3 Å². The molecule has 172 valence electrons. The van der Waals surface area contributed by atoms with Crippen LogP contribution < -0.4 is 19.5 Å². The van der Waals surface area contributed by atoms with Crippen LogP contribution in [-0.2, 0) is 26.2 Å². The van der Waals surface area contributed by atoms with Gasteiger partial charge in [-0.2, -0.15) is 4.72 Å². The highest BCUT2D eigenvalue weighted by Crippen LogP contribution is 2.34. The van der Waals surface area contributed by atoms with Crippen molar-refractivity contribution in [2.75, 3.05) is 25.1 Å². The lowest BCUT2D eigenvalue weighted by Crippen LogP contribution is -2.46. The Morgan fingerprint density at radius 2 is 1.78 bits per heavy atom. The minimum atomic E-state index is -3.93. The van der Waals surface area contributed by atoms with E-state index >= 15 is 0 Å². The van der Waals surface area contributed by atoms with Crippen LogP contribution in [0.5, 0.6) is 11.5 Å². The van der Waals surface area contributed by atoms with E-state index in [0.717, 1.165) is 5.56 Å². The van der Waals surface area contributed by atoms with Gasteiger partial charge >= 0.3 is 0 Å². The molecule has 1 aliphatic heterocycles. The molecule has 1 atom stereocenters. The molecule has 2 N–H and O–H groups in total. The number of rotatable bonds is 8. The molecule has 0 saturated carbocycles. The average molecular weight is 462 g/mol. The molecule has 10 heteroatoms. The second kappa shape index (κ2) is 10.0. The quantitative estimate of drug-likeness (QED) is 0.623. The van der Waals surface area contributed by atoms with Gasteiger partial charge in [0.1, 0.15) is 13.2 Å². The number of nitrogens with one attached hydrogen (secondary N) is 2. The number of ether oxygens (including phenoxy) is 2. The molecule has 0 fully saturated rings. The van der Waals surface area contributed by atoms with E-state index in [4.69, 9.17) is 9.47 Å². The van der Waals surface area contributed by atoms with E-state index in [1.54, 1.807) is 4.90 Å². The van der Waals surface area contributed by atoms with E-state index in [0.29, 0.717) is 36.9 Å². The number of carbonyl (C=O) groups is 2. The predicted molar refractivity (Wildman–Crippen MR) is 119 cm³/mol. The molecule has 0 saturated heterocycles. The first kappa shape index (κ1) is 23.6. The number of carbonyl (C=O) groups excluding carboxylic acids is 2. The van der Waals surface area contributed by atoms with Crippen LogP contribution in [-0.4, -0.2) is 50.9 Å². The second-order valence-electron chi connectivity index (χ2n) is 7.34. The maximum atomic E-state index is 13.0. The van der Waals surface area contributed by atoms with E-state index in [-0.39, 0.29) is 23.3 Å². The lowest BCUT2D eigenvalue weighted by Gasteiger charge is -2.27. The van der Waals surface area contributed by atoms with Crippen LogP contribution >= 0.6 is 0 Å². The van der Waals surface area contributed by atoms with Crippen LogP contribution in [0.4, 0.5) is 5.69 Å². The van der Waals surface area contributed by atoms with E-state index in [2.05, 4.69) is 10.0 Å². The van der Waals surface area contributed by atoms with Gasteiger partial charge in [0.2, 0.25) is 21.8 Å². The monoisotopic (exact) mass is 461 g/mol. The number of hydrogen-bond donors (Lipinski definition) is 2. The molecule has 0 bridgehead atoms. The Morgan fingerprint density at radius 1 is 1.09 bits per heavy atom. The number of fused-ring (bicyclic) bond motifs is 1. The minimum absolute atomic E-state index is 0.00280. The van der Waals surface area contributed by atoms with Gasteiger partial charge in [0.15, 0.2) is 11.5 Å². The van der Waals surface area contributed by atoms with Gasteiger partial charge in [0.05, 0.1) is 10.9 Å². The lowest BCUT2D eigenvalue weighted by molar-refractivity contribution is -0.133. The third-order valence-corrected chi connectivity index (χ3v) is 6.45. The zero-order valence-electron chi connectivity index (χ0n) is 18.3. The van der Waals surface area contributed by atoms with Gasteiger partial charge in [-0.15, -0.1) is 0 Å². The Labute approximate surface area is 187 Å². The summed E-state index contributed by atoms with van der Waals surface area (Å²) < 4.78 is 39.2. The van der Waals surface area contributed by atoms with Gasteiger partial charge in [0, 0.05) is 31.3 Å². The van der Waals surface area contributed by atoms with Crippen molar-refractivity contribution in [1.82, 2.24) is 9.62 Å². The number of hydrogen-bond acceptors (Lipinski definition) is 6. The Bertz CT molecular complexity index is 1090. The summed E-state index contributed by atoms with van der Waals surface area (Å²) in [6.45, 7) is 6.25. The zero-order chi connectivity index (χ0) is 23.3. The molecule has 1 heterocycles. The van der Waals surface area contributed by atoms with Gasteiger partial charge in [-0.1, -0.05) is 12.1 Å². The van der Waals surface area contributed by atoms with Crippen molar-refractivity contribution in [2.24, 2.45) is 0 Å². The molecule has 0 spiro atoms. The summed E-state index contributed by atoms with van der Waals surface area (Å²) in [6.07, 6.45) is 0. The molecule has 0 aromatic heterocycles. The molecule has 2 amide bonds. The molecular weight excluding hydrogens is 434 g/mol. The number of sulfonamides is 1. The largest absolute Gasteiger partial charge is 0.486 e. The van der Waals surface area contributed by atoms with E-state index < -0.39 is 16.1 Å². The van der Waals surface area contributed by atoms with Gasteiger partial charge in [-0.05, 0) is 44.2 Å². The molecule has 1 aliphatic rings. The SMILES string of the molecule is CCN(Cc1cccc2c1OCCO2)C(=O)[C@H](C)NS(=O)(=O)c1ccc(NC(C)=O)cc1. The van der Waals surface area contributed by atoms with Gasteiger partial charge in [0.25, 0.3) is 0 Å². The summed E-state index contributed by atoms with van der Waals surface area (Å²) in [5, 5.41) is 2.58. The van der Waals surface area contributed by atoms with Gasteiger partial charge in [-0.25, -0.2) is 8.42 Å². The predicted octanol–water partition coefficient (Wildman–Crippen LogP) is 2.13. The summed E-state index contributed by atoms with van der Waals surface area (Å²) in [7, 11) is -3.93. The van der Waals surface area contributed by atoms with Gasteiger partial charge < -0.3 is 19.7 Å². The average Bonchev–Trinajstić information content (AvgIpc) is 2.76. The van der Waals surface area contributed by atoms with Crippen molar-refractivity contribution in [3.8, 4) is 11.5 Å². The van der Waals surface area contributed by atoms with E-state index in [9.17, 15) is 18.0 Å². The van der Waals surface area contributed by atoms with Crippen molar-refractivity contribution in [3.05, 3.63) is 48.0 Å². The standard InChI is InChI=1S/C22H27N3O6S/c1-4-25(14-17-6-5-7-20-21(17)31-13-12-30-20)22(27)15(2)24-32(28,29)19-10-8-18(9-11-19)23-16(3)26/h5-11,15,24H,4,12-14H2,1-3H3,(H,23,26)/t15-/m0/s1. The summed E-state index contributed by atoms with van der Waals surface area (Å²) in [5.74, 6) is 0.626. The summed E-state index contributed by atoms with van der Waals surface area (Å²) >= 11 is 0. The number of para-hydroxylation sites is 1. The Hall–Kier alpha value is -3.11. The fraction of sp³-hybridized carbons (Fsp3) is 0.364. The molecule has 2 aromatic carbocycles. The number of anilines is 1. The molecule has 3 rings (SSSR count). The topological polar surface area (TPSA) is 114 Å². The first-order chi connectivity index (χ1) is 15.2. The Kier molecular flexibility index (Phi) is 7.37. The Balaban J connectivity index is 1.70. The van der Waals surface area contributed by atoms with Crippen LogP contribution in [0.3, 0.4) is 0 Å². The maximum absolute atomic E-state index is 13.0. The second-order valence-corrected chi connectivity index (χ2v) is 9.06. The van der Waals surface area contributed by atoms with Crippen molar-refractivity contribution in [1.29, 1.82) is 0 Å². The molecule has 0 aliphatic carbocycles. The third kappa shape index (κ3) is 5.57. The third-order valence-electron chi connectivity index (χ3n) is 4.89. The van der Waals surface area contributed by atoms with Crippen LogP contribution in [0.25, 0.3) is 0 Å². The lowest BCUT2D eigenvalue weighted by atomic mass is 10.1. The zero-order valence-corrected chi connectivity index (χ0v) is 19.1. The first-order valence-corrected chi connectivity index (χ1v) is 11.8. The van der Waals surface area contributed by atoms with Crippen molar-refractivity contribution in [2.45, 2.75) is 38.3 Å². The van der Waals surface area contributed by atoms with Crippen molar-refractivity contribution >= 4 is 27.5 Å². The highest BCUT2D eigenvalue weighted by molar-refractivity contribution is 7.89. The maximum Gasteiger partial charge on any atom is 0.241 e. The first-order valence-electron chi connectivity index (χ1n) is 10.3. The van der Waals surface area contributed by atoms with Crippen molar-refractivity contribution < 1.29 is 27.5 Å².